The summed E-state index contributed by atoms with van der Waals surface area (Å²) < 4.78 is 53.9. The molecule has 220 valence electrons. The second-order valence-corrected chi connectivity index (χ2v) is 9.00. The van der Waals surface area contributed by atoms with Crippen LogP contribution < -0.4 is 16.2 Å². The van der Waals surface area contributed by atoms with E-state index in [2.05, 4.69) is 25.5 Å². The highest BCUT2D eigenvalue weighted by Gasteiger charge is 2.17. The van der Waals surface area contributed by atoms with Crippen LogP contribution in [0.5, 0.6) is 6.01 Å². The van der Waals surface area contributed by atoms with E-state index in [4.69, 9.17) is 23.2 Å². The quantitative estimate of drug-likeness (QED) is 0.147. The standard InChI is InChI=1S/C13H9ClF2N4O2.C13H7ClF2N4O/c14-7-1-3-11(17-6-7)12(21)18-13(22)20-19-10-4-2-8(15)5-9(10)16;14-7-1-3-10(17-6-7)12-18-13(21)19-20(12)11-4-2-8(15)5-9(11)16/h1-6,19H,(H2,18,20,21,22);1-6H,(H,19,21). The number of carbonyl (C=O) groups is 2. The van der Waals surface area contributed by atoms with Gasteiger partial charge in [-0.3, -0.25) is 25.9 Å². The van der Waals surface area contributed by atoms with Crippen molar-refractivity contribution in [2.45, 2.75) is 0 Å². The van der Waals surface area contributed by atoms with E-state index in [1.165, 1.54) is 30.6 Å². The molecule has 11 nitrogen and oxygen atoms in total. The first kappa shape index (κ1) is 30.7. The number of benzene rings is 2. The first-order chi connectivity index (χ1) is 20.5. The van der Waals surface area contributed by atoms with Crippen LogP contribution in [0.15, 0.2) is 73.1 Å². The van der Waals surface area contributed by atoms with Crippen molar-refractivity contribution in [2.24, 2.45) is 0 Å². The Morgan fingerprint density at radius 2 is 1.47 bits per heavy atom. The largest absolute Gasteiger partial charge is 0.478 e. The normalized spacial score (nSPS) is 10.4. The molecule has 5 rings (SSSR count). The summed E-state index contributed by atoms with van der Waals surface area (Å²) in [5.74, 6) is -3.87. The Morgan fingerprint density at radius 3 is 2.07 bits per heavy atom. The molecule has 0 spiro atoms. The van der Waals surface area contributed by atoms with Gasteiger partial charge in [-0.2, -0.15) is 4.98 Å². The second-order valence-electron chi connectivity index (χ2n) is 8.12. The van der Waals surface area contributed by atoms with Gasteiger partial charge in [-0.1, -0.05) is 23.2 Å². The molecular formula is C26H16Cl2F4N8O3. The van der Waals surface area contributed by atoms with Gasteiger partial charge in [0, 0.05) is 24.5 Å². The number of anilines is 1. The summed E-state index contributed by atoms with van der Waals surface area (Å²) in [6.45, 7) is 0. The van der Waals surface area contributed by atoms with E-state index in [1.807, 2.05) is 10.7 Å². The van der Waals surface area contributed by atoms with E-state index in [9.17, 15) is 32.3 Å². The van der Waals surface area contributed by atoms with Gasteiger partial charge in [0.15, 0.2) is 17.5 Å². The Hall–Kier alpha value is -5.28. The van der Waals surface area contributed by atoms with Crippen LogP contribution in [0, 0.1) is 23.3 Å². The van der Waals surface area contributed by atoms with Gasteiger partial charge in [-0.15, -0.1) is 5.10 Å². The Labute approximate surface area is 249 Å². The number of urea groups is 1. The highest BCUT2D eigenvalue weighted by molar-refractivity contribution is 6.30. The summed E-state index contributed by atoms with van der Waals surface area (Å²) in [6, 6.07) is 10.1. The lowest BCUT2D eigenvalue weighted by Gasteiger charge is -2.09. The molecule has 0 saturated carbocycles. The molecule has 0 aliphatic carbocycles. The van der Waals surface area contributed by atoms with Crippen molar-refractivity contribution in [2.75, 3.05) is 5.43 Å². The maximum absolute atomic E-state index is 13.9. The van der Waals surface area contributed by atoms with Gasteiger partial charge in [0.25, 0.3) is 5.91 Å². The van der Waals surface area contributed by atoms with Gasteiger partial charge in [0.05, 0.1) is 15.7 Å². The van der Waals surface area contributed by atoms with Crippen LogP contribution in [0.25, 0.3) is 17.2 Å². The van der Waals surface area contributed by atoms with Crippen molar-refractivity contribution in [3.63, 3.8) is 0 Å². The van der Waals surface area contributed by atoms with Crippen molar-refractivity contribution in [3.05, 3.63) is 112 Å². The predicted octanol–water partition coefficient (Wildman–Crippen LogP) is 5.45. The Kier molecular flexibility index (Phi) is 9.69. The Bertz CT molecular complexity index is 1770. The predicted molar refractivity (Wildman–Crippen MR) is 146 cm³/mol. The van der Waals surface area contributed by atoms with Crippen LogP contribution in [-0.4, -0.2) is 41.8 Å². The summed E-state index contributed by atoms with van der Waals surface area (Å²) in [7, 11) is 0. The van der Waals surface area contributed by atoms with Gasteiger partial charge in [-0.25, -0.2) is 32.0 Å². The van der Waals surface area contributed by atoms with Gasteiger partial charge < -0.3 is 5.11 Å². The summed E-state index contributed by atoms with van der Waals surface area (Å²) >= 11 is 11.4. The average Bonchev–Trinajstić information content (AvgIpc) is 3.34. The number of halogens is 6. The number of hydrogen-bond donors (Lipinski definition) is 4. The van der Waals surface area contributed by atoms with E-state index >= 15 is 0 Å². The molecule has 43 heavy (non-hydrogen) atoms. The smallest absolute Gasteiger partial charge is 0.340 e. The molecule has 17 heteroatoms. The van der Waals surface area contributed by atoms with E-state index < -0.39 is 41.2 Å². The van der Waals surface area contributed by atoms with Crippen LogP contribution in [-0.2, 0) is 0 Å². The topological polar surface area (TPSA) is 147 Å². The SMILES string of the molecule is O=C(NNc1ccc(F)cc1F)NC(=O)c1ccc(Cl)cn1.Oc1nc(-c2ccc(Cl)cn2)n(-c2ccc(F)cc2F)n1. The minimum absolute atomic E-state index is 0.0208. The van der Waals surface area contributed by atoms with Crippen LogP contribution in [0.4, 0.5) is 28.0 Å². The molecule has 5 aromatic rings. The number of hydrazine groups is 1. The van der Waals surface area contributed by atoms with Crippen LogP contribution >= 0.6 is 23.2 Å². The highest BCUT2D eigenvalue weighted by Crippen LogP contribution is 2.24. The molecule has 0 bridgehead atoms. The fourth-order valence-electron chi connectivity index (χ4n) is 3.22. The first-order valence-corrected chi connectivity index (χ1v) is 12.4. The number of hydrogen-bond acceptors (Lipinski definition) is 8. The molecule has 0 atom stereocenters. The minimum Gasteiger partial charge on any atom is -0.478 e. The molecule has 4 N–H and O–H groups in total. The monoisotopic (exact) mass is 634 g/mol. The molecule has 0 unspecified atom stereocenters. The maximum atomic E-state index is 13.9. The van der Waals surface area contributed by atoms with Gasteiger partial charge in [0.2, 0.25) is 0 Å². The number of aromatic hydroxyl groups is 1. The first-order valence-electron chi connectivity index (χ1n) is 11.7. The summed E-state index contributed by atoms with van der Waals surface area (Å²) in [5.41, 5.74) is 4.33. The number of carbonyl (C=O) groups excluding carboxylic acids is 2. The zero-order valence-corrected chi connectivity index (χ0v) is 22.7. The van der Waals surface area contributed by atoms with E-state index in [-0.39, 0.29) is 22.9 Å². The average molecular weight is 635 g/mol. The molecule has 3 amide bonds. The Morgan fingerprint density at radius 1 is 0.814 bits per heavy atom. The van der Waals surface area contributed by atoms with Crippen LogP contribution in [0.1, 0.15) is 10.5 Å². The van der Waals surface area contributed by atoms with Crippen molar-refractivity contribution in [1.29, 1.82) is 0 Å². The lowest BCUT2D eigenvalue weighted by atomic mass is 10.3. The van der Waals surface area contributed by atoms with Crippen molar-refractivity contribution in [3.8, 4) is 23.2 Å². The molecule has 3 heterocycles. The number of amides is 3. The Balaban J connectivity index is 0.000000197. The van der Waals surface area contributed by atoms with Gasteiger partial charge in [0.1, 0.15) is 28.7 Å². The van der Waals surface area contributed by atoms with E-state index in [0.717, 1.165) is 22.9 Å². The molecule has 0 saturated heterocycles. The van der Waals surface area contributed by atoms with Gasteiger partial charge in [-0.05, 0) is 48.5 Å². The van der Waals surface area contributed by atoms with Crippen LogP contribution in [0.2, 0.25) is 10.0 Å². The summed E-state index contributed by atoms with van der Waals surface area (Å²) in [5, 5.41) is 15.9. The number of nitrogens with zero attached hydrogens (tertiary/aromatic N) is 5. The highest BCUT2D eigenvalue weighted by atomic mass is 35.5. The molecule has 0 fully saturated rings. The van der Waals surface area contributed by atoms with Crippen LogP contribution in [0.3, 0.4) is 0 Å². The lowest BCUT2D eigenvalue weighted by Crippen LogP contribution is -2.42. The third kappa shape index (κ3) is 8.15. The summed E-state index contributed by atoms with van der Waals surface area (Å²) in [4.78, 5) is 34.7. The third-order valence-electron chi connectivity index (χ3n) is 5.12. The molecule has 0 aliphatic rings. The fourth-order valence-corrected chi connectivity index (χ4v) is 3.44. The van der Waals surface area contributed by atoms with Gasteiger partial charge >= 0.3 is 12.0 Å². The van der Waals surface area contributed by atoms with Crippen molar-refractivity contribution in [1.82, 2.24) is 35.5 Å². The van der Waals surface area contributed by atoms with Crippen molar-refractivity contribution >= 4 is 40.8 Å². The minimum atomic E-state index is -0.939. The molecule has 0 aliphatic heterocycles. The molecular weight excluding hydrogens is 619 g/mol. The maximum Gasteiger partial charge on any atom is 0.340 e. The van der Waals surface area contributed by atoms with E-state index in [1.54, 1.807) is 12.1 Å². The number of nitrogens with one attached hydrogen (secondary N) is 3. The lowest BCUT2D eigenvalue weighted by molar-refractivity contribution is 0.0959. The zero-order valence-electron chi connectivity index (χ0n) is 21.2. The number of pyridine rings is 2. The molecule has 0 radical (unpaired) electrons. The third-order valence-corrected chi connectivity index (χ3v) is 5.57. The summed E-state index contributed by atoms with van der Waals surface area (Å²) in [6.07, 6.45) is 2.63. The number of rotatable bonds is 5. The fraction of sp³-hybridized carbons (Fsp3) is 0. The zero-order chi connectivity index (χ0) is 31.1. The number of aromatic nitrogens is 5. The second kappa shape index (κ2) is 13.6. The van der Waals surface area contributed by atoms with E-state index in [0.29, 0.717) is 27.9 Å². The number of imide groups is 1. The van der Waals surface area contributed by atoms with Crippen molar-refractivity contribution < 1.29 is 32.3 Å². The molecule has 2 aromatic carbocycles. The molecule has 3 aromatic heterocycles.